The molecule has 24 heavy (non-hydrogen) atoms. The van der Waals surface area contributed by atoms with E-state index < -0.39 is 10.0 Å². The van der Waals surface area contributed by atoms with Gasteiger partial charge in [-0.2, -0.15) is 0 Å². The monoisotopic (exact) mass is 372 g/mol. The molecule has 134 valence electrons. The summed E-state index contributed by atoms with van der Waals surface area (Å²) in [6.45, 7) is 6.29. The second-order valence-electron chi connectivity index (χ2n) is 7.03. The maximum absolute atomic E-state index is 12.5. The van der Waals surface area contributed by atoms with Crippen LogP contribution in [0, 0.1) is 19.8 Å². The highest BCUT2D eigenvalue weighted by Crippen LogP contribution is 2.37. The summed E-state index contributed by atoms with van der Waals surface area (Å²) in [6.07, 6.45) is 2.96. The van der Waals surface area contributed by atoms with Crippen molar-refractivity contribution < 1.29 is 17.9 Å². The summed E-state index contributed by atoms with van der Waals surface area (Å²) < 4.78 is 30.8. The molecule has 0 aliphatic carbocycles. The summed E-state index contributed by atoms with van der Waals surface area (Å²) in [6, 6.07) is 1.96. The van der Waals surface area contributed by atoms with Crippen LogP contribution in [0.5, 0.6) is 0 Å². The Labute approximate surface area is 147 Å². The van der Waals surface area contributed by atoms with Crippen LogP contribution in [0.2, 0.25) is 0 Å². The highest BCUT2D eigenvalue weighted by Gasteiger charge is 2.48. The molecule has 1 aromatic rings. The Hall–Kier alpha value is -0.960. The summed E-state index contributed by atoms with van der Waals surface area (Å²) >= 11 is 1.55. The number of hydrogen-bond acceptors (Lipinski definition) is 5. The first kappa shape index (κ1) is 17.8. The van der Waals surface area contributed by atoms with Gasteiger partial charge in [0, 0.05) is 11.4 Å². The van der Waals surface area contributed by atoms with Crippen LogP contribution in [0.1, 0.15) is 33.0 Å². The van der Waals surface area contributed by atoms with Gasteiger partial charge in [0.05, 0.1) is 30.8 Å². The van der Waals surface area contributed by atoms with Crippen LogP contribution < -0.4 is 4.72 Å². The molecule has 0 unspecified atom stereocenters. The third-order valence-corrected chi connectivity index (χ3v) is 6.72. The number of nitrogens with zero attached hydrogens (tertiary/aromatic N) is 1. The maximum atomic E-state index is 12.5. The minimum absolute atomic E-state index is 0.0892. The first-order valence-electron chi connectivity index (χ1n) is 8.12. The third kappa shape index (κ3) is 3.82. The lowest BCUT2D eigenvalue weighted by Gasteiger charge is -2.52. The lowest BCUT2D eigenvalue weighted by molar-refractivity contribution is -0.165. The van der Waals surface area contributed by atoms with Crippen molar-refractivity contribution in [2.75, 3.05) is 32.5 Å². The molecule has 0 bridgehead atoms. The van der Waals surface area contributed by atoms with Crippen molar-refractivity contribution in [1.82, 2.24) is 9.62 Å². The van der Waals surface area contributed by atoms with Crippen molar-refractivity contribution >= 4 is 27.3 Å². The van der Waals surface area contributed by atoms with E-state index in [1.165, 1.54) is 11.1 Å². The molecule has 1 atom stereocenters. The van der Waals surface area contributed by atoms with Crippen molar-refractivity contribution in [2.24, 2.45) is 5.92 Å². The number of likely N-dealkylation sites (tertiary alicyclic amines) is 1. The molecule has 1 spiro atoms. The Morgan fingerprint density at radius 2 is 2.17 bits per heavy atom. The molecule has 8 heteroatoms. The largest absolute Gasteiger partial charge is 0.371 e. The van der Waals surface area contributed by atoms with E-state index in [0.717, 1.165) is 23.3 Å². The summed E-state index contributed by atoms with van der Waals surface area (Å²) in [5, 5.41) is 0. The number of carbonyl (C=O) groups is 1. The molecule has 0 aromatic carbocycles. The van der Waals surface area contributed by atoms with E-state index in [1.807, 2.05) is 24.8 Å². The Morgan fingerprint density at radius 1 is 1.46 bits per heavy atom. The molecule has 2 saturated heterocycles. The van der Waals surface area contributed by atoms with Gasteiger partial charge in [0.2, 0.25) is 10.0 Å². The number of thiophene rings is 1. The molecule has 2 fully saturated rings. The van der Waals surface area contributed by atoms with Crippen LogP contribution in [0.3, 0.4) is 0 Å². The number of hydrogen-bond donors (Lipinski definition) is 1. The fraction of sp³-hybridized carbons (Fsp3) is 0.688. The van der Waals surface area contributed by atoms with Crippen LogP contribution in [0.15, 0.2) is 6.07 Å². The van der Waals surface area contributed by atoms with E-state index in [9.17, 15) is 13.2 Å². The molecular formula is C16H24N2O4S2. The van der Waals surface area contributed by atoms with Crippen LogP contribution in [0.25, 0.3) is 0 Å². The predicted octanol–water partition coefficient (Wildman–Crippen LogP) is 1.54. The average molecular weight is 373 g/mol. The number of rotatable bonds is 4. The Balaban J connectivity index is 1.49. The normalized spacial score (nSPS) is 23.3. The summed E-state index contributed by atoms with van der Waals surface area (Å²) in [5.41, 5.74) is 0.937. The van der Waals surface area contributed by atoms with E-state index >= 15 is 0 Å². The van der Waals surface area contributed by atoms with E-state index in [0.29, 0.717) is 26.2 Å². The third-order valence-electron chi connectivity index (χ3n) is 4.89. The van der Waals surface area contributed by atoms with E-state index in [-0.39, 0.29) is 17.4 Å². The second-order valence-corrected chi connectivity index (χ2v) is 10.1. The van der Waals surface area contributed by atoms with Gasteiger partial charge in [-0.1, -0.05) is 0 Å². The SMILES string of the molecule is Cc1cc(C(=O)N2CC3(CC[C@H](CNS(C)(=O)=O)CO3)C2)sc1C. The maximum Gasteiger partial charge on any atom is 0.264 e. The molecule has 6 nitrogen and oxygen atoms in total. The molecule has 3 rings (SSSR count). The lowest BCUT2D eigenvalue weighted by Crippen LogP contribution is -2.66. The van der Waals surface area contributed by atoms with Crippen LogP contribution in [-0.2, 0) is 14.8 Å². The van der Waals surface area contributed by atoms with Gasteiger partial charge in [-0.05, 0) is 44.2 Å². The highest BCUT2D eigenvalue weighted by atomic mass is 32.2. The molecule has 1 amide bonds. The van der Waals surface area contributed by atoms with Crippen LogP contribution in [0.4, 0.5) is 0 Å². The topological polar surface area (TPSA) is 75.7 Å². The van der Waals surface area contributed by atoms with Crippen LogP contribution in [-0.4, -0.2) is 57.3 Å². The molecule has 1 N–H and O–H groups in total. The van der Waals surface area contributed by atoms with Crippen molar-refractivity contribution in [2.45, 2.75) is 32.3 Å². The molecule has 0 radical (unpaired) electrons. The van der Waals surface area contributed by atoms with Crippen molar-refractivity contribution in [1.29, 1.82) is 0 Å². The van der Waals surface area contributed by atoms with Gasteiger partial charge < -0.3 is 9.64 Å². The first-order chi connectivity index (χ1) is 11.2. The Morgan fingerprint density at radius 3 is 2.67 bits per heavy atom. The van der Waals surface area contributed by atoms with Crippen molar-refractivity contribution in [3.8, 4) is 0 Å². The number of aryl methyl sites for hydroxylation is 2. The summed E-state index contributed by atoms with van der Waals surface area (Å²) in [4.78, 5) is 16.3. The van der Waals surface area contributed by atoms with Gasteiger partial charge in [0.15, 0.2) is 0 Å². The number of amides is 1. The van der Waals surface area contributed by atoms with Crippen LogP contribution >= 0.6 is 11.3 Å². The zero-order valence-corrected chi connectivity index (χ0v) is 15.9. The standard InChI is InChI=1S/C16H24N2O4S2/c1-11-6-14(23-12(11)2)15(19)18-9-16(10-18)5-4-13(8-22-16)7-17-24(3,20)21/h6,13,17H,4-5,7-10H2,1-3H3/t13-/m1/s1. The quantitative estimate of drug-likeness (QED) is 0.870. The number of ether oxygens (including phenoxy) is 1. The van der Waals surface area contributed by atoms with E-state index in [4.69, 9.17) is 4.74 Å². The Bertz CT molecular complexity index is 706. The second kappa shape index (κ2) is 6.40. The van der Waals surface area contributed by atoms with E-state index in [1.54, 1.807) is 11.3 Å². The van der Waals surface area contributed by atoms with Crippen molar-refractivity contribution in [3.63, 3.8) is 0 Å². The molecule has 3 heterocycles. The zero-order chi connectivity index (χ0) is 17.5. The molecule has 1 aromatic heterocycles. The zero-order valence-electron chi connectivity index (χ0n) is 14.3. The molecule has 2 aliphatic rings. The smallest absolute Gasteiger partial charge is 0.264 e. The number of nitrogens with one attached hydrogen (secondary N) is 1. The minimum atomic E-state index is -3.15. The van der Waals surface area contributed by atoms with Gasteiger partial charge in [-0.25, -0.2) is 13.1 Å². The minimum Gasteiger partial charge on any atom is -0.371 e. The summed E-state index contributed by atoms with van der Waals surface area (Å²) in [5.74, 6) is 0.295. The fourth-order valence-corrected chi connectivity index (χ4v) is 4.76. The van der Waals surface area contributed by atoms with Crippen molar-refractivity contribution in [3.05, 3.63) is 21.4 Å². The van der Waals surface area contributed by atoms with Gasteiger partial charge in [0.25, 0.3) is 5.91 Å². The van der Waals surface area contributed by atoms with Gasteiger partial charge >= 0.3 is 0 Å². The van der Waals surface area contributed by atoms with E-state index in [2.05, 4.69) is 4.72 Å². The number of carbonyl (C=O) groups excluding carboxylic acids is 1. The van der Waals surface area contributed by atoms with Gasteiger partial charge in [0.1, 0.15) is 5.60 Å². The molecule has 0 saturated carbocycles. The molecule has 2 aliphatic heterocycles. The Kier molecular flexibility index (Phi) is 4.76. The lowest BCUT2D eigenvalue weighted by atomic mass is 9.83. The highest BCUT2D eigenvalue weighted by molar-refractivity contribution is 7.88. The summed E-state index contributed by atoms with van der Waals surface area (Å²) in [7, 11) is -3.15. The predicted molar refractivity (Wildman–Crippen MR) is 94.0 cm³/mol. The molecular weight excluding hydrogens is 348 g/mol. The average Bonchev–Trinajstić information content (AvgIpc) is 2.81. The fourth-order valence-electron chi connectivity index (χ4n) is 3.22. The number of sulfonamides is 1. The first-order valence-corrected chi connectivity index (χ1v) is 10.8. The van der Waals surface area contributed by atoms with Gasteiger partial charge in [-0.15, -0.1) is 11.3 Å². The van der Waals surface area contributed by atoms with Gasteiger partial charge in [-0.3, -0.25) is 4.79 Å².